The van der Waals surface area contributed by atoms with Crippen molar-refractivity contribution >= 4 is 11.6 Å². The Labute approximate surface area is 115 Å². The molecule has 4 nitrogen and oxygen atoms in total. The van der Waals surface area contributed by atoms with Gasteiger partial charge in [-0.1, -0.05) is 26.8 Å². The summed E-state index contributed by atoms with van der Waals surface area (Å²) in [5.74, 6) is 1.03. The van der Waals surface area contributed by atoms with Gasteiger partial charge in [-0.05, 0) is 31.4 Å². The molecule has 1 rings (SSSR count). The fraction of sp³-hybridized carbons (Fsp3) is 0.533. The molecule has 0 saturated heterocycles. The lowest BCUT2D eigenvalue weighted by molar-refractivity contribution is -0.120. The Morgan fingerprint density at radius 1 is 1.47 bits per heavy atom. The monoisotopic (exact) mass is 264 g/mol. The molecule has 0 aliphatic carbocycles. The van der Waals surface area contributed by atoms with E-state index in [9.17, 15) is 4.79 Å². The van der Waals surface area contributed by atoms with Crippen LogP contribution in [0.4, 0.5) is 5.69 Å². The van der Waals surface area contributed by atoms with Crippen molar-refractivity contribution in [3.05, 3.63) is 24.3 Å². The van der Waals surface area contributed by atoms with Crippen LogP contribution in [0.2, 0.25) is 0 Å². The molecule has 0 aliphatic rings. The van der Waals surface area contributed by atoms with Crippen molar-refractivity contribution < 1.29 is 9.53 Å². The summed E-state index contributed by atoms with van der Waals surface area (Å²) in [5.41, 5.74) is 5.75. The van der Waals surface area contributed by atoms with Crippen LogP contribution in [-0.4, -0.2) is 18.1 Å². The van der Waals surface area contributed by atoms with Crippen molar-refractivity contribution in [2.75, 3.05) is 11.9 Å². The molecule has 1 atom stereocenters. The highest BCUT2D eigenvalue weighted by Gasteiger charge is 2.25. The number of hydrogen-bond donors (Lipinski definition) is 2. The molecule has 0 heterocycles. The Kier molecular flexibility index (Phi) is 5.36. The van der Waals surface area contributed by atoms with Gasteiger partial charge in [0.15, 0.2) is 0 Å². The van der Waals surface area contributed by atoms with Gasteiger partial charge in [-0.3, -0.25) is 4.79 Å². The Balaban J connectivity index is 2.69. The molecular formula is C15H24N2O2. The number of amides is 1. The highest BCUT2D eigenvalue weighted by Crippen LogP contribution is 2.19. The van der Waals surface area contributed by atoms with E-state index in [1.54, 1.807) is 6.92 Å². The zero-order valence-corrected chi connectivity index (χ0v) is 12.2. The third kappa shape index (κ3) is 4.91. The van der Waals surface area contributed by atoms with Crippen molar-refractivity contribution in [2.24, 2.45) is 11.7 Å². The van der Waals surface area contributed by atoms with E-state index in [2.05, 4.69) is 19.2 Å². The van der Waals surface area contributed by atoms with Gasteiger partial charge >= 0.3 is 0 Å². The third-order valence-corrected chi connectivity index (χ3v) is 2.93. The zero-order chi connectivity index (χ0) is 14.5. The lowest BCUT2D eigenvalue weighted by atomic mass is 9.99. The van der Waals surface area contributed by atoms with Crippen LogP contribution in [0.1, 0.15) is 34.1 Å². The molecule has 3 N–H and O–H groups in total. The Morgan fingerprint density at radius 2 is 2.16 bits per heavy atom. The van der Waals surface area contributed by atoms with E-state index in [0.29, 0.717) is 24.6 Å². The van der Waals surface area contributed by atoms with Crippen molar-refractivity contribution in [1.29, 1.82) is 0 Å². The number of hydrogen-bond acceptors (Lipinski definition) is 3. The summed E-state index contributed by atoms with van der Waals surface area (Å²) >= 11 is 0. The van der Waals surface area contributed by atoms with E-state index >= 15 is 0 Å². The van der Waals surface area contributed by atoms with Gasteiger partial charge in [0, 0.05) is 11.8 Å². The van der Waals surface area contributed by atoms with Gasteiger partial charge in [-0.2, -0.15) is 0 Å². The molecule has 0 saturated carbocycles. The summed E-state index contributed by atoms with van der Waals surface area (Å²) in [6, 6.07) is 7.36. The molecule has 1 aromatic carbocycles. The topological polar surface area (TPSA) is 64.4 Å². The zero-order valence-electron chi connectivity index (χ0n) is 12.2. The number of anilines is 1. The molecule has 0 aliphatic heterocycles. The van der Waals surface area contributed by atoms with E-state index in [4.69, 9.17) is 10.5 Å². The van der Waals surface area contributed by atoms with Gasteiger partial charge in [0.2, 0.25) is 5.91 Å². The predicted molar refractivity (Wildman–Crippen MR) is 78.3 cm³/mol. The summed E-state index contributed by atoms with van der Waals surface area (Å²) < 4.78 is 5.62. The second-order valence-corrected chi connectivity index (χ2v) is 5.46. The number of nitrogens with two attached hydrogens (primary N) is 1. The van der Waals surface area contributed by atoms with Crippen LogP contribution >= 0.6 is 0 Å². The molecule has 4 heteroatoms. The summed E-state index contributed by atoms with van der Waals surface area (Å²) in [5, 5.41) is 2.82. The maximum Gasteiger partial charge on any atom is 0.244 e. The molecule has 19 heavy (non-hydrogen) atoms. The normalized spacial score (nSPS) is 14.0. The minimum Gasteiger partial charge on any atom is -0.493 e. The number of ether oxygens (including phenoxy) is 1. The standard InChI is InChI=1S/C15H24N2O2/c1-5-15(4,16)14(18)17-12-7-6-8-13(9-12)19-10-11(2)3/h6-9,11H,5,10,16H2,1-4H3,(H,17,18). The smallest absolute Gasteiger partial charge is 0.244 e. The first-order valence-corrected chi connectivity index (χ1v) is 6.68. The van der Waals surface area contributed by atoms with E-state index in [1.165, 1.54) is 0 Å². The minimum absolute atomic E-state index is 0.184. The molecule has 1 unspecified atom stereocenters. The first kappa shape index (κ1) is 15.5. The highest BCUT2D eigenvalue weighted by atomic mass is 16.5. The molecule has 0 aromatic heterocycles. The third-order valence-electron chi connectivity index (χ3n) is 2.93. The van der Waals surface area contributed by atoms with Crippen LogP contribution in [-0.2, 0) is 4.79 Å². The number of rotatable bonds is 6. The van der Waals surface area contributed by atoms with Crippen molar-refractivity contribution in [1.82, 2.24) is 0 Å². The van der Waals surface area contributed by atoms with Gasteiger partial charge in [0.25, 0.3) is 0 Å². The fourth-order valence-corrected chi connectivity index (χ4v) is 1.36. The second kappa shape index (κ2) is 6.57. The lowest BCUT2D eigenvalue weighted by Crippen LogP contribution is -2.47. The number of benzene rings is 1. The van der Waals surface area contributed by atoms with Crippen LogP contribution in [0.25, 0.3) is 0 Å². The number of nitrogens with one attached hydrogen (secondary N) is 1. The summed E-state index contributed by atoms with van der Waals surface area (Å²) in [4.78, 5) is 12.0. The van der Waals surface area contributed by atoms with Crippen LogP contribution < -0.4 is 15.8 Å². The second-order valence-electron chi connectivity index (χ2n) is 5.46. The molecule has 0 radical (unpaired) electrons. The minimum atomic E-state index is -0.852. The SMILES string of the molecule is CCC(C)(N)C(=O)Nc1cccc(OCC(C)C)c1. The highest BCUT2D eigenvalue weighted by molar-refractivity contribution is 5.97. The summed E-state index contributed by atoms with van der Waals surface area (Å²) in [7, 11) is 0. The van der Waals surface area contributed by atoms with Gasteiger partial charge in [0.1, 0.15) is 5.75 Å². The lowest BCUT2D eigenvalue weighted by Gasteiger charge is -2.21. The average Bonchev–Trinajstić information content (AvgIpc) is 2.36. The van der Waals surface area contributed by atoms with Crippen molar-refractivity contribution in [3.8, 4) is 5.75 Å². The van der Waals surface area contributed by atoms with Gasteiger partial charge < -0.3 is 15.8 Å². The van der Waals surface area contributed by atoms with E-state index < -0.39 is 5.54 Å². The fourth-order valence-electron chi connectivity index (χ4n) is 1.36. The van der Waals surface area contributed by atoms with Crippen LogP contribution in [0.5, 0.6) is 5.75 Å². The van der Waals surface area contributed by atoms with Gasteiger partial charge in [-0.25, -0.2) is 0 Å². The van der Waals surface area contributed by atoms with E-state index in [0.717, 1.165) is 5.75 Å². The maximum atomic E-state index is 12.0. The quantitative estimate of drug-likeness (QED) is 0.830. The first-order chi connectivity index (χ1) is 8.85. The molecule has 1 aromatic rings. The number of carbonyl (C=O) groups is 1. The Morgan fingerprint density at radius 3 is 2.74 bits per heavy atom. The Bertz CT molecular complexity index is 428. The van der Waals surface area contributed by atoms with E-state index in [1.807, 2.05) is 31.2 Å². The summed E-state index contributed by atoms with van der Waals surface area (Å²) in [6.45, 7) is 8.45. The van der Waals surface area contributed by atoms with Crippen LogP contribution in [0, 0.1) is 5.92 Å². The molecule has 0 bridgehead atoms. The Hall–Kier alpha value is -1.55. The van der Waals surface area contributed by atoms with Gasteiger partial charge in [-0.15, -0.1) is 0 Å². The van der Waals surface area contributed by atoms with Crippen LogP contribution in [0.15, 0.2) is 24.3 Å². The first-order valence-electron chi connectivity index (χ1n) is 6.68. The van der Waals surface area contributed by atoms with Crippen LogP contribution in [0.3, 0.4) is 0 Å². The van der Waals surface area contributed by atoms with Crippen molar-refractivity contribution in [2.45, 2.75) is 39.7 Å². The number of carbonyl (C=O) groups excluding carboxylic acids is 1. The summed E-state index contributed by atoms with van der Waals surface area (Å²) in [6.07, 6.45) is 0.586. The maximum absolute atomic E-state index is 12.0. The predicted octanol–water partition coefficient (Wildman–Crippen LogP) is 2.79. The van der Waals surface area contributed by atoms with Crippen molar-refractivity contribution in [3.63, 3.8) is 0 Å². The molecule has 0 spiro atoms. The largest absolute Gasteiger partial charge is 0.493 e. The molecule has 0 fully saturated rings. The molecule has 106 valence electrons. The average molecular weight is 264 g/mol. The van der Waals surface area contributed by atoms with E-state index in [-0.39, 0.29) is 5.91 Å². The molecular weight excluding hydrogens is 240 g/mol. The molecule has 1 amide bonds. The van der Waals surface area contributed by atoms with Gasteiger partial charge in [0.05, 0.1) is 12.1 Å².